The topological polar surface area (TPSA) is 185 Å². The van der Waals surface area contributed by atoms with Crippen LogP contribution in [-0.4, -0.2) is 55.7 Å². The summed E-state index contributed by atoms with van der Waals surface area (Å²) >= 11 is 0. The zero-order valence-electron chi connectivity index (χ0n) is 15.1. The van der Waals surface area contributed by atoms with Crippen molar-refractivity contribution in [2.45, 2.75) is 24.4 Å². The van der Waals surface area contributed by atoms with Crippen LogP contribution in [0, 0.1) is 0 Å². The minimum atomic E-state index is -2.19. The third-order valence-corrected chi connectivity index (χ3v) is 4.71. The van der Waals surface area contributed by atoms with E-state index in [1.807, 2.05) is 0 Å². The monoisotopic (exact) mass is 425 g/mol. The number of Topliss-reactive ketones (excluding diaryl/α,β-unsaturated/α-hetero) is 1. The van der Waals surface area contributed by atoms with Gasteiger partial charge in [0, 0.05) is 6.42 Å². The summed E-state index contributed by atoms with van der Waals surface area (Å²) in [4.78, 5) is 41.9. The number of nitrogens with two attached hydrogens (primary N) is 2. The summed E-state index contributed by atoms with van der Waals surface area (Å²) in [7, 11) is -2.19. The fourth-order valence-corrected chi connectivity index (χ4v) is 3.23. The molecule has 13 heteroatoms. The Labute approximate surface area is 166 Å². The van der Waals surface area contributed by atoms with Crippen molar-refractivity contribution in [3.63, 3.8) is 0 Å². The minimum Gasteiger partial charge on any atom is -0.486 e. The molecular formula is C16H20N5O7P. The third-order valence-electron chi connectivity index (χ3n) is 4.29. The average molecular weight is 425 g/mol. The van der Waals surface area contributed by atoms with E-state index in [1.165, 1.54) is 0 Å². The Morgan fingerprint density at radius 2 is 2.14 bits per heavy atom. The van der Waals surface area contributed by atoms with Crippen molar-refractivity contribution in [1.29, 1.82) is 0 Å². The quantitative estimate of drug-likeness (QED) is 0.375. The molecule has 0 saturated carbocycles. The number of nitrogens with zero attached hydrogens (tertiary/aromatic N) is 3. The molecule has 1 aromatic carbocycles. The molecule has 0 amide bonds. The Morgan fingerprint density at radius 1 is 1.41 bits per heavy atom. The highest BCUT2D eigenvalue weighted by Crippen LogP contribution is 2.37. The van der Waals surface area contributed by atoms with Gasteiger partial charge in [-0.3, -0.25) is 10.3 Å². The number of benzene rings is 1. The lowest BCUT2D eigenvalue weighted by molar-refractivity contribution is -0.163. The number of nitrogen functional groups attached to an aromatic ring is 1. The van der Waals surface area contributed by atoms with E-state index >= 15 is 0 Å². The van der Waals surface area contributed by atoms with E-state index in [4.69, 9.17) is 30.1 Å². The normalized spacial score (nSPS) is 24.9. The minimum absolute atomic E-state index is 0.276. The standard InChI is InChI=1S/C16H20N5O7P/c17-14-19-9-21(15(24)20-14)16(6-11(22)12(28-16)7-27-29(18)25)13(23)8-26-10-4-2-1-3-5-10/h1-5,9,11-12,22,25H,6-8,18H2,(H2,17,20,24)/t11-,12+,16-,29?/m0/s1. The molecule has 2 aromatic rings. The van der Waals surface area contributed by atoms with Gasteiger partial charge in [-0.2, -0.15) is 4.98 Å². The van der Waals surface area contributed by atoms with Crippen LogP contribution in [0.15, 0.2) is 41.5 Å². The van der Waals surface area contributed by atoms with Gasteiger partial charge in [-0.05, 0) is 12.1 Å². The Balaban J connectivity index is 1.89. The lowest BCUT2D eigenvalue weighted by Gasteiger charge is -2.29. The van der Waals surface area contributed by atoms with E-state index in [9.17, 15) is 14.7 Å². The van der Waals surface area contributed by atoms with Crippen molar-refractivity contribution in [2.24, 2.45) is 5.50 Å². The highest BCUT2D eigenvalue weighted by atomic mass is 31.2. The van der Waals surface area contributed by atoms with Crippen LogP contribution in [-0.2, 0) is 19.8 Å². The van der Waals surface area contributed by atoms with Gasteiger partial charge < -0.3 is 29.7 Å². The first-order chi connectivity index (χ1) is 13.8. The number of para-hydroxylation sites is 1. The first-order valence-corrected chi connectivity index (χ1v) is 9.75. The highest BCUT2D eigenvalue weighted by Gasteiger charge is 2.53. The molecule has 0 aliphatic carbocycles. The fourth-order valence-electron chi connectivity index (χ4n) is 2.93. The summed E-state index contributed by atoms with van der Waals surface area (Å²) in [5, 5.41) is 10.4. The largest absolute Gasteiger partial charge is 0.486 e. The van der Waals surface area contributed by atoms with Gasteiger partial charge in [-0.25, -0.2) is 14.3 Å². The van der Waals surface area contributed by atoms with Gasteiger partial charge in [-0.15, -0.1) is 0 Å². The Morgan fingerprint density at radius 3 is 2.79 bits per heavy atom. The van der Waals surface area contributed by atoms with Crippen LogP contribution in [0.25, 0.3) is 0 Å². The number of rotatable bonds is 8. The molecule has 2 heterocycles. The maximum absolute atomic E-state index is 13.1. The summed E-state index contributed by atoms with van der Waals surface area (Å²) in [6, 6.07) is 8.57. The van der Waals surface area contributed by atoms with Crippen LogP contribution >= 0.6 is 8.53 Å². The van der Waals surface area contributed by atoms with Crippen molar-refractivity contribution >= 4 is 20.3 Å². The van der Waals surface area contributed by atoms with Gasteiger partial charge in [0.1, 0.15) is 18.2 Å². The molecule has 6 N–H and O–H groups in total. The molecule has 12 nitrogen and oxygen atoms in total. The molecule has 1 saturated heterocycles. The number of aliphatic hydroxyl groups is 1. The maximum Gasteiger partial charge on any atom is 0.354 e. The van der Waals surface area contributed by atoms with Crippen LogP contribution in [0.2, 0.25) is 0 Å². The molecule has 0 radical (unpaired) electrons. The smallest absolute Gasteiger partial charge is 0.354 e. The van der Waals surface area contributed by atoms with Crippen molar-refractivity contribution in [3.05, 3.63) is 47.1 Å². The number of hydrogen-bond donors (Lipinski definition) is 4. The van der Waals surface area contributed by atoms with Gasteiger partial charge in [0.25, 0.3) is 0 Å². The molecule has 0 spiro atoms. The molecule has 1 aromatic heterocycles. The highest BCUT2D eigenvalue weighted by molar-refractivity contribution is 7.43. The van der Waals surface area contributed by atoms with Gasteiger partial charge in [0.2, 0.25) is 26.0 Å². The van der Waals surface area contributed by atoms with Crippen LogP contribution in [0.1, 0.15) is 6.42 Å². The Kier molecular flexibility index (Phi) is 6.52. The summed E-state index contributed by atoms with van der Waals surface area (Å²) in [5.41, 5.74) is 7.78. The van der Waals surface area contributed by atoms with E-state index in [-0.39, 0.29) is 19.0 Å². The van der Waals surface area contributed by atoms with E-state index in [0.717, 1.165) is 10.9 Å². The fraction of sp³-hybridized carbons (Fsp3) is 0.375. The lowest BCUT2D eigenvalue weighted by atomic mass is 10.0. The number of aliphatic hydroxyl groups excluding tert-OH is 1. The van der Waals surface area contributed by atoms with E-state index in [2.05, 4.69) is 9.97 Å². The third kappa shape index (κ3) is 4.75. The molecule has 1 aliphatic rings. The van der Waals surface area contributed by atoms with Crippen molar-refractivity contribution in [3.8, 4) is 5.75 Å². The zero-order chi connectivity index (χ0) is 21.0. The number of hydrogen-bond acceptors (Lipinski definition) is 11. The van der Waals surface area contributed by atoms with E-state index < -0.39 is 44.5 Å². The van der Waals surface area contributed by atoms with Crippen LogP contribution in [0.5, 0.6) is 5.75 Å². The second kappa shape index (κ2) is 8.91. The van der Waals surface area contributed by atoms with Gasteiger partial charge in [0.15, 0.2) is 6.61 Å². The second-order valence-electron chi connectivity index (χ2n) is 6.20. The van der Waals surface area contributed by atoms with Crippen LogP contribution < -0.4 is 21.7 Å². The molecule has 3 rings (SSSR count). The molecule has 1 aliphatic heterocycles. The van der Waals surface area contributed by atoms with Gasteiger partial charge in [-0.1, -0.05) is 18.2 Å². The molecule has 1 unspecified atom stereocenters. The lowest BCUT2D eigenvalue weighted by Crippen LogP contribution is -2.50. The number of aromatic nitrogens is 3. The van der Waals surface area contributed by atoms with E-state index in [0.29, 0.717) is 5.75 Å². The summed E-state index contributed by atoms with van der Waals surface area (Å²) in [6.45, 7) is -0.746. The molecule has 1 fully saturated rings. The van der Waals surface area contributed by atoms with Crippen LogP contribution in [0.4, 0.5) is 5.95 Å². The molecule has 4 atom stereocenters. The van der Waals surface area contributed by atoms with Crippen molar-refractivity contribution in [2.75, 3.05) is 18.9 Å². The number of ether oxygens (including phenoxy) is 2. The Bertz CT molecular complexity index is 912. The maximum atomic E-state index is 13.1. The predicted molar refractivity (Wildman–Crippen MR) is 100 cm³/mol. The SMILES string of the molecule is Nc1ncn([C@@]2(C(=O)COc3ccccc3)C[C@H](O)[C@@H](COP(N)O)O2)c(=O)n1. The second-order valence-corrected chi connectivity index (χ2v) is 7.07. The summed E-state index contributed by atoms with van der Waals surface area (Å²) in [5.74, 6) is -0.497. The molecule has 29 heavy (non-hydrogen) atoms. The predicted octanol–water partition coefficient (Wildman–Crippen LogP) is -1.13. The zero-order valence-corrected chi connectivity index (χ0v) is 16.0. The summed E-state index contributed by atoms with van der Waals surface area (Å²) in [6.07, 6.45) is -1.52. The number of carbonyl (C=O) groups excluding carboxylic acids is 1. The average Bonchev–Trinajstić information content (AvgIpc) is 3.02. The number of carbonyl (C=O) groups is 1. The van der Waals surface area contributed by atoms with Crippen LogP contribution in [0.3, 0.4) is 0 Å². The molecule has 0 bridgehead atoms. The molecular weight excluding hydrogens is 405 g/mol. The summed E-state index contributed by atoms with van der Waals surface area (Å²) < 4.78 is 17.0. The van der Waals surface area contributed by atoms with E-state index in [1.54, 1.807) is 30.3 Å². The number of anilines is 1. The van der Waals surface area contributed by atoms with Crippen molar-refractivity contribution < 1.29 is 28.8 Å². The van der Waals surface area contributed by atoms with Crippen molar-refractivity contribution in [1.82, 2.24) is 14.5 Å². The van der Waals surface area contributed by atoms with Gasteiger partial charge >= 0.3 is 5.69 Å². The first kappa shape index (κ1) is 21.2. The Hall–Kier alpha value is -2.47. The molecule has 156 valence electrons. The first-order valence-electron chi connectivity index (χ1n) is 8.47. The number of ketones is 1. The van der Waals surface area contributed by atoms with Gasteiger partial charge in [0.05, 0.1) is 12.7 Å².